The molecule has 2 saturated carbocycles. The van der Waals surface area contributed by atoms with E-state index in [0.717, 1.165) is 40.7 Å². The molecule has 5 rings (SSSR count). The van der Waals surface area contributed by atoms with Gasteiger partial charge in [-0.15, -0.1) is 0 Å². The smallest absolute Gasteiger partial charge is 0.226 e. The van der Waals surface area contributed by atoms with E-state index < -0.39 is 0 Å². The van der Waals surface area contributed by atoms with Crippen molar-refractivity contribution in [3.05, 3.63) is 50.2 Å². The minimum atomic E-state index is -0.215. The number of fused-ring (bicyclic) bond motifs is 3. The molecule has 130 valence electrons. The van der Waals surface area contributed by atoms with Crippen LogP contribution in [0.1, 0.15) is 42.1 Å². The topological polar surface area (TPSA) is 49.8 Å². The van der Waals surface area contributed by atoms with Crippen molar-refractivity contribution in [1.29, 1.82) is 0 Å². The first kappa shape index (κ1) is 15.8. The molecule has 2 fully saturated rings. The van der Waals surface area contributed by atoms with E-state index in [1.165, 1.54) is 6.07 Å². The lowest BCUT2D eigenvalue weighted by atomic mass is 9.93. The number of H-pyrrole nitrogens is 1. The highest BCUT2D eigenvalue weighted by molar-refractivity contribution is 9.10. The fraction of sp³-hybridized carbons (Fsp3) is 0.444. The fourth-order valence-electron chi connectivity index (χ4n) is 4.27. The van der Waals surface area contributed by atoms with Gasteiger partial charge in [0.2, 0.25) is 5.91 Å². The largest absolute Gasteiger partial charge is 0.353 e. The molecule has 1 amide bonds. The monoisotopic (exact) mass is 421 g/mol. The number of aromatic amines is 1. The van der Waals surface area contributed by atoms with Crippen molar-refractivity contribution in [2.45, 2.75) is 49.6 Å². The molecular weight excluding hydrogens is 405 g/mol. The van der Waals surface area contributed by atoms with E-state index in [2.05, 4.69) is 30.8 Å². The van der Waals surface area contributed by atoms with Crippen molar-refractivity contribution < 1.29 is 9.18 Å². The minimum absolute atomic E-state index is 0.0361. The highest BCUT2D eigenvalue weighted by Gasteiger charge is 2.63. The lowest BCUT2D eigenvalue weighted by Gasteiger charge is -2.14. The summed E-state index contributed by atoms with van der Waals surface area (Å²) in [5.41, 5.74) is 2.52. The second kappa shape index (κ2) is 5.27. The van der Waals surface area contributed by atoms with Gasteiger partial charge in [-0.05, 0) is 55.2 Å². The number of hydrogen-bond donors (Lipinski definition) is 2. The highest BCUT2D eigenvalue weighted by atomic mass is 79.9. The lowest BCUT2D eigenvalue weighted by molar-refractivity contribution is -0.120. The van der Waals surface area contributed by atoms with Gasteiger partial charge in [0, 0.05) is 39.8 Å². The molecule has 0 saturated heterocycles. The van der Waals surface area contributed by atoms with E-state index in [0.29, 0.717) is 23.8 Å². The molecule has 2 heterocycles. The molecule has 1 aromatic carbocycles. The summed E-state index contributed by atoms with van der Waals surface area (Å²) in [6, 6.07) is 5.47. The number of rotatable bonds is 4. The zero-order chi connectivity index (χ0) is 17.3. The molecule has 2 aromatic rings. The molecule has 1 aromatic heterocycles. The molecule has 2 atom stereocenters. The van der Waals surface area contributed by atoms with E-state index in [1.807, 2.05) is 6.07 Å². The third-order valence-corrected chi connectivity index (χ3v) is 6.51. The first-order valence-electron chi connectivity index (χ1n) is 8.54. The van der Waals surface area contributed by atoms with E-state index in [1.54, 1.807) is 6.07 Å². The highest BCUT2D eigenvalue weighted by Crippen LogP contribution is 2.66. The Kier molecular flexibility index (Phi) is 3.32. The molecule has 2 N–H and O–H groups in total. The van der Waals surface area contributed by atoms with Gasteiger partial charge in [0.15, 0.2) is 4.77 Å². The lowest BCUT2D eigenvalue weighted by Crippen LogP contribution is -2.27. The fourth-order valence-corrected chi connectivity index (χ4v) is 4.92. The Morgan fingerprint density at radius 3 is 3.04 bits per heavy atom. The summed E-state index contributed by atoms with van der Waals surface area (Å²) in [6.45, 7) is 0.681. The second-order valence-electron chi connectivity index (χ2n) is 7.44. The van der Waals surface area contributed by atoms with Crippen LogP contribution in [-0.2, 0) is 23.2 Å². The third kappa shape index (κ3) is 2.43. The number of carbonyl (C=O) groups excluding carboxylic acids is 1. The maximum absolute atomic E-state index is 14.5. The zero-order valence-corrected chi connectivity index (χ0v) is 15.8. The van der Waals surface area contributed by atoms with Gasteiger partial charge >= 0.3 is 0 Å². The Morgan fingerprint density at radius 2 is 2.28 bits per heavy atom. The Bertz CT molecular complexity index is 964. The zero-order valence-electron chi connectivity index (χ0n) is 13.4. The SMILES string of the molecule is O=C(Cc1[nH]c(=S)n2c1[C@@H]1C[C@]1(c1cc(Br)ccc1F)C2)NC1CC1. The van der Waals surface area contributed by atoms with Gasteiger partial charge in [-0.1, -0.05) is 15.9 Å². The van der Waals surface area contributed by atoms with Crippen molar-refractivity contribution in [2.75, 3.05) is 0 Å². The Morgan fingerprint density at radius 1 is 1.48 bits per heavy atom. The van der Waals surface area contributed by atoms with E-state index in [-0.39, 0.29) is 23.1 Å². The number of benzene rings is 1. The summed E-state index contributed by atoms with van der Waals surface area (Å²) in [5, 5.41) is 3.02. The number of nitrogens with zero attached hydrogens (tertiary/aromatic N) is 1. The van der Waals surface area contributed by atoms with Crippen LogP contribution in [0.4, 0.5) is 4.39 Å². The second-order valence-corrected chi connectivity index (χ2v) is 8.74. The van der Waals surface area contributed by atoms with Crippen LogP contribution in [0.5, 0.6) is 0 Å². The van der Waals surface area contributed by atoms with Crippen LogP contribution in [0.3, 0.4) is 0 Å². The van der Waals surface area contributed by atoms with Crippen LogP contribution in [0.2, 0.25) is 0 Å². The summed E-state index contributed by atoms with van der Waals surface area (Å²) in [4.78, 5) is 15.4. The summed E-state index contributed by atoms with van der Waals surface area (Å²) < 4.78 is 18.0. The summed E-state index contributed by atoms with van der Waals surface area (Å²) >= 11 is 8.91. The maximum atomic E-state index is 14.5. The van der Waals surface area contributed by atoms with Crippen molar-refractivity contribution in [1.82, 2.24) is 14.9 Å². The molecule has 25 heavy (non-hydrogen) atoms. The van der Waals surface area contributed by atoms with Gasteiger partial charge < -0.3 is 14.9 Å². The van der Waals surface area contributed by atoms with Crippen molar-refractivity contribution >= 4 is 34.1 Å². The molecule has 3 aliphatic rings. The average Bonchev–Trinajstić information content (AvgIpc) is 3.45. The van der Waals surface area contributed by atoms with Crippen LogP contribution in [0.15, 0.2) is 22.7 Å². The van der Waals surface area contributed by atoms with Gasteiger partial charge in [-0.2, -0.15) is 0 Å². The molecule has 0 radical (unpaired) electrons. The number of hydrogen-bond acceptors (Lipinski definition) is 2. The number of halogens is 2. The Balaban J connectivity index is 1.48. The molecule has 4 nitrogen and oxygen atoms in total. The summed E-state index contributed by atoms with van der Waals surface area (Å²) in [7, 11) is 0. The minimum Gasteiger partial charge on any atom is -0.353 e. The predicted molar refractivity (Wildman–Crippen MR) is 97.6 cm³/mol. The van der Waals surface area contributed by atoms with Crippen LogP contribution < -0.4 is 5.32 Å². The van der Waals surface area contributed by atoms with Gasteiger partial charge in [0.1, 0.15) is 5.82 Å². The Hall–Kier alpha value is -1.47. The molecular formula is C18H17BrFN3OS. The van der Waals surface area contributed by atoms with Crippen LogP contribution in [0, 0.1) is 10.6 Å². The molecule has 2 aliphatic carbocycles. The van der Waals surface area contributed by atoms with Crippen molar-refractivity contribution in [2.24, 2.45) is 0 Å². The first-order valence-corrected chi connectivity index (χ1v) is 9.74. The average molecular weight is 422 g/mol. The number of aromatic nitrogens is 2. The summed E-state index contributed by atoms with van der Waals surface area (Å²) in [6.07, 6.45) is 3.37. The molecule has 0 unspecified atom stereocenters. The van der Waals surface area contributed by atoms with Crippen molar-refractivity contribution in [3.8, 4) is 0 Å². The molecule has 1 aliphatic heterocycles. The number of nitrogens with one attached hydrogen (secondary N) is 2. The standard InChI is InChI=1S/C18H17BrFN3OS/c19-9-1-4-13(20)11(5-9)18-7-12(18)16-14(22-17(25)23(16)8-18)6-15(24)21-10-2-3-10/h1,4-5,10,12H,2-3,6-8H2,(H,21,24)(H,22,25)/t12-,18+/m0/s1. The van der Waals surface area contributed by atoms with Crippen LogP contribution in [0.25, 0.3) is 0 Å². The normalized spacial score (nSPS) is 26.2. The molecule has 0 bridgehead atoms. The maximum Gasteiger partial charge on any atom is 0.226 e. The third-order valence-electron chi connectivity index (χ3n) is 5.69. The quantitative estimate of drug-likeness (QED) is 0.739. The van der Waals surface area contributed by atoms with Gasteiger partial charge in [-0.25, -0.2) is 4.39 Å². The van der Waals surface area contributed by atoms with Crippen LogP contribution in [-0.4, -0.2) is 21.5 Å². The number of amides is 1. The van der Waals surface area contributed by atoms with Crippen LogP contribution >= 0.6 is 28.1 Å². The van der Waals surface area contributed by atoms with E-state index in [4.69, 9.17) is 12.2 Å². The molecule has 7 heteroatoms. The predicted octanol–water partition coefficient (Wildman–Crippen LogP) is 3.71. The van der Waals surface area contributed by atoms with Crippen molar-refractivity contribution in [3.63, 3.8) is 0 Å². The summed E-state index contributed by atoms with van der Waals surface area (Å²) in [5.74, 6) is 0.0984. The van der Waals surface area contributed by atoms with Gasteiger partial charge in [0.05, 0.1) is 6.42 Å². The molecule has 0 spiro atoms. The number of imidazole rings is 1. The van der Waals surface area contributed by atoms with E-state index >= 15 is 0 Å². The number of carbonyl (C=O) groups is 1. The van der Waals surface area contributed by atoms with Gasteiger partial charge in [-0.3, -0.25) is 4.79 Å². The Labute approximate surface area is 157 Å². The van der Waals surface area contributed by atoms with Gasteiger partial charge in [0.25, 0.3) is 0 Å². The van der Waals surface area contributed by atoms with E-state index in [9.17, 15) is 9.18 Å². The first-order chi connectivity index (χ1) is 12.0.